The van der Waals surface area contributed by atoms with E-state index in [-0.39, 0.29) is 0 Å². The van der Waals surface area contributed by atoms with Gasteiger partial charge in [0.05, 0.1) is 11.4 Å². The molecule has 4 aromatic carbocycles. The zero-order valence-electron chi connectivity index (χ0n) is 13.2. The normalized spacial score (nSPS) is 10.7. The highest BCUT2D eigenvalue weighted by Crippen LogP contribution is 2.39. The monoisotopic (exact) mass is 327 g/mol. The number of hydrogen-bond donors (Lipinski definition) is 0. The first-order valence-electron chi connectivity index (χ1n) is 7.98. The van der Waals surface area contributed by atoms with E-state index in [1.165, 1.54) is 27.0 Å². The molecule has 0 aliphatic carbocycles. The van der Waals surface area contributed by atoms with Crippen molar-refractivity contribution in [3.05, 3.63) is 103 Å². The summed E-state index contributed by atoms with van der Waals surface area (Å²) in [7, 11) is 0. The number of hydrogen-bond acceptors (Lipinski definition) is 2. The van der Waals surface area contributed by atoms with Crippen molar-refractivity contribution in [3.8, 4) is 0 Å². The fraction of sp³-hybridized carbons (Fsp3) is 0. The summed E-state index contributed by atoms with van der Waals surface area (Å²) in [6.45, 7) is 0. The summed E-state index contributed by atoms with van der Waals surface area (Å²) >= 11 is 1.76. The average Bonchev–Trinajstić information content (AvgIpc) is 2.67. The van der Waals surface area contributed by atoms with Crippen LogP contribution < -0.4 is 4.31 Å². The van der Waals surface area contributed by atoms with Crippen LogP contribution in [0.2, 0.25) is 0 Å². The van der Waals surface area contributed by atoms with E-state index in [2.05, 4.69) is 107 Å². The van der Waals surface area contributed by atoms with Crippen LogP contribution in [0.4, 0.5) is 11.4 Å². The Balaban J connectivity index is 1.80. The van der Waals surface area contributed by atoms with E-state index in [4.69, 9.17) is 0 Å². The molecule has 4 rings (SSSR count). The lowest BCUT2D eigenvalue weighted by molar-refractivity contribution is 1.41. The molecule has 0 N–H and O–H groups in total. The molecule has 2 heteroatoms. The predicted molar refractivity (Wildman–Crippen MR) is 105 cm³/mol. The Labute approximate surface area is 146 Å². The summed E-state index contributed by atoms with van der Waals surface area (Å²) in [5, 5.41) is 2.55. The second-order valence-corrected chi connectivity index (χ2v) is 6.52. The summed E-state index contributed by atoms with van der Waals surface area (Å²) < 4.78 is 2.28. The number of nitrogens with zero attached hydrogens (tertiary/aromatic N) is 1. The zero-order chi connectivity index (χ0) is 16.2. The van der Waals surface area contributed by atoms with Crippen LogP contribution in [-0.2, 0) is 0 Å². The Hall–Kier alpha value is -2.71. The molecule has 116 valence electrons. The molecule has 4 aromatic rings. The zero-order valence-corrected chi connectivity index (χ0v) is 14.0. The largest absolute Gasteiger partial charge is 0.280 e. The second kappa shape index (κ2) is 6.81. The molecule has 0 atom stereocenters. The highest BCUT2D eigenvalue weighted by molar-refractivity contribution is 8.01. The maximum atomic E-state index is 2.28. The Morgan fingerprint density at radius 2 is 1.04 bits per heavy atom. The minimum atomic E-state index is 1.17. The van der Waals surface area contributed by atoms with Gasteiger partial charge in [0.25, 0.3) is 0 Å². The third kappa shape index (κ3) is 3.01. The van der Waals surface area contributed by atoms with Gasteiger partial charge in [-0.2, -0.15) is 0 Å². The maximum absolute atomic E-state index is 2.28. The molecular formula is C22H17NS. The lowest BCUT2D eigenvalue weighted by Gasteiger charge is -2.24. The summed E-state index contributed by atoms with van der Waals surface area (Å²) in [6.07, 6.45) is 0. The fourth-order valence-corrected chi connectivity index (χ4v) is 3.83. The van der Waals surface area contributed by atoms with Gasteiger partial charge in [-0.1, -0.05) is 72.8 Å². The molecule has 0 bridgehead atoms. The molecule has 0 heterocycles. The minimum Gasteiger partial charge on any atom is -0.280 e. The topological polar surface area (TPSA) is 3.24 Å². The first-order chi connectivity index (χ1) is 11.9. The molecule has 0 unspecified atom stereocenters. The lowest BCUT2D eigenvalue weighted by Crippen LogP contribution is -2.06. The van der Waals surface area contributed by atoms with Gasteiger partial charge in [0.2, 0.25) is 0 Å². The Kier molecular flexibility index (Phi) is 4.22. The van der Waals surface area contributed by atoms with E-state index in [0.29, 0.717) is 0 Å². The second-order valence-electron chi connectivity index (χ2n) is 5.53. The van der Waals surface area contributed by atoms with E-state index < -0.39 is 0 Å². The van der Waals surface area contributed by atoms with Gasteiger partial charge in [0.15, 0.2) is 0 Å². The SMILES string of the molecule is c1ccc(N(Sc2cccc3ccccc23)c2ccccc2)cc1. The van der Waals surface area contributed by atoms with Crippen molar-refractivity contribution >= 4 is 34.1 Å². The van der Waals surface area contributed by atoms with Crippen molar-refractivity contribution < 1.29 is 0 Å². The van der Waals surface area contributed by atoms with Crippen LogP contribution in [0.3, 0.4) is 0 Å². The first-order valence-corrected chi connectivity index (χ1v) is 8.75. The van der Waals surface area contributed by atoms with Crippen LogP contribution in [0, 0.1) is 0 Å². The standard InChI is InChI=1S/C22H17NS/c1-3-12-19(13-4-1)23(20-14-5-2-6-15-20)24-22-17-9-11-18-10-7-8-16-21(18)22/h1-17H. The molecule has 0 saturated carbocycles. The molecule has 24 heavy (non-hydrogen) atoms. The van der Waals surface area contributed by atoms with Crippen LogP contribution >= 0.6 is 11.9 Å². The van der Waals surface area contributed by atoms with E-state index in [0.717, 1.165) is 0 Å². The van der Waals surface area contributed by atoms with E-state index in [1.807, 2.05) is 0 Å². The fourth-order valence-electron chi connectivity index (χ4n) is 2.75. The molecule has 0 amide bonds. The number of anilines is 2. The minimum absolute atomic E-state index is 1.17. The average molecular weight is 327 g/mol. The first kappa shape index (κ1) is 14.9. The van der Waals surface area contributed by atoms with Gasteiger partial charge >= 0.3 is 0 Å². The highest BCUT2D eigenvalue weighted by atomic mass is 32.2. The van der Waals surface area contributed by atoms with Gasteiger partial charge < -0.3 is 0 Å². The van der Waals surface area contributed by atoms with Gasteiger partial charge in [-0.05, 0) is 53.1 Å². The van der Waals surface area contributed by atoms with Crippen molar-refractivity contribution in [3.63, 3.8) is 0 Å². The van der Waals surface area contributed by atoms with Crippen molar-refractivity contribution in [2.45, 2.75) is 4.90 Å². The molecule has 0 radical (unpaired) electrons. The molecule has 0 aliphatic rings. The smallest absolute Gasteiger partial charge is 0.0528 e. The summed E-state index contributed by atoms with van der Waals surface area (Å²) in [4.78, 5) is 1.25. The number of rotatable bonds is 4. The molecule has 0 aliphatic heterocycles. The van der Waals surface area contributed by atoms with Crippen LogP contribution in [0.15, 0.2) is 108 Å². The number of benzene rings is 4. The Morgan fingerprint density at radius 1 is 0.500 bits per heavy atom. The van der Waals surface area contributed by atoms with E-state index in [9.17, 15) is 0 Å². The van der Waals surface area contributed by atoms with Crippen molar-refractivity contribution in [1.82, 2.24) is 0 Å². The quantitative estimate of drug-likeness (QED) is 0.384. The summed E-state index contributed by atoms with van der Waals surface area (Å²) in [6, 6.07) is 36.0. The third-order valence-electron chi connectivity index (χ3n) is 3.92. The Morgan fingerprint density at radius 3 is 1.71 bits per heavy atom. The highest BCUT2D eigenvalue weighted by Gasteiger charge is 2.12. The maximum Gasteiger partial charge on any atom is 0.0528 e. The third-order valence-corrected chi connectivity index (χ3v) is 5.08. The van der Waals surface area contributed by atoms with Gasteiger partial charge in [0, 0.05) is 4.90 Å². The number of fused-ring (bicyclic) bond motifs is 1. The van der Waals surface area contributed by atoms with Crippen molar-refractivity contribution in [2.75, 3.05) is 4.31 Å². The van der Waals surface area contributed by atoms with Gasteiger partial charge in [-0.25, -0.2) is 0 Å². The van der Waals surface area contributed by atoms with Crippen molar-refractivity contribution in [2.24, 2.45) is 0 Å². The molecule has 0 fully saturated rings. The molecule has 0 spiro atoms. The van der Waals surface area contributed by atoms with Gasteiger partial charge in [-0.15, -0.1) is 0 Å². The van der Waals surface area contributed by atoms with Crippen LogP contribution in [0.5, 0.6) is 0 Å². The summed E-state index contributed by atoms with van der Waals surface area (Å²) in [5.74, 6) is 0. The van der Waals surface area contributed by atoms with Crippen LogP contribution in [0.1, 0.15) is 0 Å². The van der Waals surface area contributed by atoms with Gasteiger partial charge in [-0.3, -0.25) is 4.31 Å². The van der Waals surface area contributed by atoms with Crippen LogP contribution in [0.25, 0.3) is 10.8 Å². The van der Waals surface area contributed by atoms with E-state index >= 15 is 0 Å². The lowest BCUT2D eigenvalue weighted by atomic mass is 10.1. The van der Waals surface area contributed by atoms with Crippen LogP contribution in [-0.4, -0.2) is 0 Å². The molecule has 1 nitrogen and oxygen atoms in total. The van der Waals surface area contributed by atoms with E-state index in [1.54, 1.807) is 11.9 Å². The Bertz CT molecular complexity index is 891. The molecular weight excluding hydrogens is 310 g/mol. The number of para-hydroxylation sites is 2. The molecule has 0 saturated heterocycles. The predicted octanol–water partition coefficient (Wildman–Crippen LogP) is 6.69. The van der Waals surface area contributed by atoms with Crippen molar-refractivity contribution in [1.29, 1.82) is 0 Å². The van der Waals surface area contributed by atoms with Gasteiger partial charge in [0.1, 0.15) is 0 Å². The molecule has 0 aromatic heterocycles. The summed E-state index contributed by atoms with van der Waals surface area (Å²) in [5.41, 5.74) is 2.34.